The van der Waals surface area contributed by atoms with Crippen LogP contribution in [0.25, 0.3) is 0 Å². The molecule has 8 heteroatoms. The van der Waals surface area contributed by atoms with E-state index in [0.29, 0.717) is 19.6 Å². The summed E-state index contributed by atoms with van der Waals surface area (Å²) in [5, 5.41) is 0. The van der Waals surface area contributed by atoms with E-state index in [1.165, 1.54) is 5.56 Å². The second-order valence-corrected chi connectivity index (χ2v) is 18.8. The van der Waals surface area contributed by atoms with Crippen molar-refractivity contribution in [1.82, 2.24) is 0 Å². The van der Waals surface area contributed by atoms with Gasteiger partial charge in [0.1, 0.15) is 11.2 Å². The minimum Gasteiger partial charge on any atom is -0.460 e. The van der Waals surface area contributed by atoms with Crippen molar-refractivity contribution in [2.24, 2.45) is 5.92 Å². The summed E-state index contributed by atoms with van der Waals surface area (Å²) in [5.74, 6) is -1.74. The fourth-order valence-corrected chi connectivity index (χ4v) is 10.3. The van der Waals surface area contributed by atoms with Crippen LogP contribution in [0.5, 0.6) is 0 Å². The van der Waals surface area contributed by atoms with Gasteiger partial charge in [-0.3, -0.25) is 4.79 Å². The lowest BCUT2D eigenvalue weighted by molar-refractivity contribution is -0.384. The fraction of sp³-hybridized carbons (Fsp3) is 0.794. The van der Waals surface area contributed by atoms with Crippen LogP contribution in [-0.2, 0) is 39.5 Å². The van der Waals surface area contributed by atoms with Gasteiger partial charge in [-0.2, -0.15) is 0 Å². The molecule has 42 heavy (non-hydrogen) atoms. The van der Waals surface area contributed by atoms with Crippen molar-refractivity contribution in [2.75, 3.05) is 6.61 Å². The second-order valence-electron chi connectivity index (χ2n) is 14.1. The molecule has 3 aliphatic heterocycles. The number of esters is 1. The molecule has 4 rings (SSSR count). The first-order valence-corrected chi connectivity index (χ1v) is 18.9. The molecule has 0 radical (unpaired) electrons. The van der Waals surface area contributed by atoms with Crippen LogP contribution in [0.1, 0.15) is 106 Å². The van der Waals surface area contributed by atoms with Crippen LogP contribution in [0.3, 0.4) is 0 Å². The van der Waals surface area contributed by atoms with Gasteiger partial charge in [0.05, 0.1) is 25.2 Å². The van der Waals surface area contributed by atoms with Crippen molar-refractivity contribution in [3.63, 3.8) is 0 Å². The van der Waals surface area contributed by atoms with E-state index in [0.717, 1.165) is 50.2 Å². The van der Waals surface area contributed by atoms with E-state index in [1.54, 1.807) is 0 Å². The van der Waals surface area contributed by atoms with Crippen LogP contribution < -0.4 is 0 Å². The summed E-state index contributed by atoms with van der Waals surface area (Å²) < 4.78 is 39.7. The molecule has 0 aromatic heterocycles. The first kappa shape index (κ1) is 33.6. The molecule has 1 aromatic carbocycles. The predicted octanol–water partition coefficient (Wildman–Crippen LogP) is 7.91. The van der Waals surface area contributed by atoms with Crippen LogP contribution in [0.2, 0.25) is 18.1 Å². The molecule has 238 valence electrons. The van der Waals surface area contributed by atoms with Crippen molar-refractivity contribution < 1.29 is 32.9 Å². The van der Waals surface area contributed by atoms with Gasteiger partial charge in [-0.05, 0) is 76.6 Å². The molecule has 3 saturated heterocycles. The Labute approximate surface area is 255 Å². The standard InChI is InChI=1S/C34H56O7Si/c1-9-42(10-2,11-3)41-32(8)19-17-28(18-22-36-25-27-15-13-12-14-16-27)37-34(32)21-20-33(40-34)24-26(4)29(38-33)23-30(35)39-31(5,6)7/h12-16,26,28-29H,9-11,17-25H2,1-8H3/t26-,28+,29-,32-,33-,34+/m1/s1. The third-order valence-electron chi connectivity index (χ3n) is 9.78. The number of hydrogen-bond donors (Lipinski definition) is 0. The highest BCUT2D eigenvalue weighted by molar-refractivity contribution is 6.73. The SMILES string of the molecule is CC[Si](CC)(CC)O[C@]1(C)CC[C@@H](CCOCc2ccccc2)O[C@]12CC[C@]1(C[C@@H](C)[C@@H](CC(=O)OC(C)(C)C)O1)O2. The Balaban J connectivity index is 1.49. The van der Waals surface area contributed by atoms with Gasteiger partial charge in [0, 0.05) is 25.9 Å². The lowest BCUT2D eigenvalue weighted by atomic mass is 9.83. The summed E-state index contributed by atoms with van der Waals surface area (Å²) in [5.41, 5.74) is 0.0874. The van der Waals surface area contributed by atoms with E-state index >= 15 is 0 Å². The summed E-state index contributed by atoms with van der Waals surface area (Å²) in [4.78, 5) is 12.7. The largest absolute Gasteiger partial charge is 0.460 e. The summed E-state index contributed by atoms with van der Waals surface area (Å²) in [6, 6.07) is 13.5. The van der Waals surface area contributed by atoms with Gasteiger partial charge in [0.15, 0.2) is 19.9 Å². The van der Waals surface area contributed by atoms with Crippen molar-refractivity contribution in [2.45, 2.75) is 160 Å². The van der Waals surface area contributed by atoms with Gasteiger partial charge in [0.25, 0.3) is 0 Å². The molecular weight excluding hydrogens is 548 g/mol. The van der Waals surface area contributed by atoms with Crippen LogP contribution in [0.4, 0.5) is 0 Å². The minimum atomic E-state index is -1.97. The predicted molar refractivity (Wildman–Crippen MR) is 166 cm³/mol. The van der Waals surface area contributed by atoms with Gasteiger partial charge in [-0.1, -0.05) is 58.0 Å². The molecule has 0 unspecified atom stereocenters. The first-order valence-electron chi connectivity index (χ1n) is 16.4. The summed E-state index contributed by atoms with van der Waals surface area (Å²) in [6.07, 6.45) is 4.73. The Bertz CT molecular complexity index is 1020. The zero-order valence-electron chi connectivity index (χ0n) is 27.5. The lowest BCUT2D eigenvalue weighted by Gasteiger charge is -2.54. The van der Waals surface area contributed by atoms with Gasteiger partial charge in [-0.15, -0.1) is 0 Å². The number of carbonyl (C=O) groups excluding carboxylic acids is 1. The topological polar surface area (TPSA) is 72.5 Å². The van der Waals surface area contributed by atoms with Crippen LogP contribution in [0.15, 0.2) is 30.3 Å². The fourth-order valence-electron chi connectivity index (χ4n) is 7.13. The van der Waals surface area contributed by atoms with E-state index in [1.807, 2.05) is 39.0 Å². The smallest absolute Gasteiger partial charge is 0.308 e. The van der Waals surface area contributed by atoms with Gasteiger partial charge in [0.2, 0.25) is 0 Å². The highest BCUT2D eigenvalue weighted by Gasteiger charge is 2.66. The summed E-state index contributed by atoms with van der Waals surface area (Å²) >= 11 is 0. The number of hydrogen-bond acceptors (Lipinski definition) is 7. The summed E-state index contributed by atoms with van der Waals surface area (Å²) in [7, 11) is -1.97. The molecule has 6 atom stereocenters. The molecule has 0 saturated carbocycles. The van der Waals surface area contributed by atoms with Crippen LogP contribution >= 0.6 is 0 Å². The van der Waals surface area contributed by atoms with E-state index in [-0.39, 0.29) is 30.5 Å². The molecule has 3 heterocycles. The third kappa shape index (κ3) is 7.67. The molecular formula is C34H56O7Si. The quantitative estimate of drug-likeness (QED) is 0.136. The Hall–Kier alpha value is -1.29. The third-order valence-corrected chi connectivity index (χ3v) is 14.5. The monoisotopic (exact) mass is 604 g/mol. The Morgan fingerprint density at radius 1 is 1.02 bits per heavy atom. The normalized spacial score (nSPS) is 33.5. The molecule has 0 N–H and O–H groups in total. The lowest BCUT2D eigenvalue weighted by Crippen LogP contribution is -2.64. The Kier molecular flexibility index (Phi) is 10.7. The van der Waals surface area contributed by atoms with Crippen molar-refractivity contribution in [3.8, 4) is 0 Å². The number of ether oxygens (including phenoxy) is 5. The highest BCUT2D eigenvalue weighted by Crippen LogP contribution is 2.57. The van der Waals surface area contributed by atoms with E-state index < -0.39 is 31.1 Å². The Morgan fingerprint density at radius 2 is 1.71 bits per heavy atom. The average Bonchev–Trinajstić information content (AvgIpc) is 3.45. The van der Waals surface area contributed by atoms with E-state index in [2.05, 4.69) is 46.8 Å². The first-order chi connectivity index (χ1) is 19.8. The molecule has 0 bridgehead atoms. The zero-order chi connectivity index (χ0) is 30.7. The molecule has 0 amide bonds. The van der Waals surface area contributed by atoms with Gasteiger partial charge >= 0.3 is 5.97 Å². The number of carbonyl (C=O) groups is 1. The zero-order valence-corrected chi connectivity index (χ0v) is 28.5. The number of benzene rings is 1. The molecule has 0 aliphatic carbocycles. The van der Waals surface area contributed by atoms with Crippen molar-refractivity contribution >= 4 is 14.3 Å². The Morgan fingerprint density at radius 3 is 2.36 bits per heavy atom. The maximum atomic E-state index is 12.7. The van der Waals surface area contributed by atoms with E-state index in [4.69, 9.17) is 28.1 Å². The van der Waals surface area contributed by atoms with Gasteiger partial charge in [-0.25, -0.2) is 0 Å². The molecule has 3 fully saturated rings. The maximum Gasteiger partial charge on any atom is 0.308 e. The maximum absolute atomic E-state index is 12.7. The van der Waals surface area contributed by atoms with Crippen LogP contribution in [0, 0.1) is 5.92 Å². The highest BCUT2D eigenvalue weighted by atomic mass is 28.4. The molecule has 3 aliphatic rings. The van der Waals surface area contributed by atoms with Crippen molar-refractivity contribution in [3.05, 3.63) is 35.9 Å². The summed E-state index contributed by atoms with van der Waals surface area (Å²) in [6.45, 7) is 18.1. The second kappa shape index (κ2) is 13.4. The van der Waals surface area contributed by atoms with E-state index in [9.17, 15) is 4.79 Å². The average molecular weight is 605 g/mol. The van der Waals surface area contributed by atoms with Crippen molar-refractivity contribution in [1.29, 1.82) is 0 Å². The van der Waals surface area contributed by atoms with Gasteiger partial charge < -0.3 is 28.1 Å². The minimum absolute atomic E-state index is 0.0185. The molecule has 2 spiro atoms. The van der Waals surface area contributed by atoms with Crippen LogP contribution in [-0.4, -0.2) is 55.9 Å². The number of rotatable bonds is 12. The molecule has 1 aromatic rings. The molecule has 7 nitrogen and oxygen atoms in total.